The van der Waals surface area contributed by atoms with Crippen LogP contribution in [0.25, 0.3) is 0 Å². The Bertz CT molecular complexity index is 1110. The number of aliphatic carboxylic acids is 6. The number of carboxylic acids is 6. The van der Waals surface area contributed by atoms with Crippen molar-refractivity contribution in [2.24, 2.45) is 17.8 Å². The quantitative estimate of drug-likeness (QED) is 0.0462. The molecule has 51 heavy (non-hydrogen) atoms. The average molecular weight is 826 g/mol. The molecule has 0 bridgehead atoms. The summed E-state index contributed by atoms with van der Waals surface area (Å²) in [4.78, 5) is 102. The van der Waals surface area contributed by atoms with Gasteiger partial charge in [-0.05, 0) is 42.3 Å². The SMILES string of the molecule is CN(C)CP(=O)([O-])CC(CC(=O)O)C(=O)O.CN(C)CP(=O)([O-])CC(CC(=O)O)C(=O)O.CN(C)CP(=O)([O-])CC(CC(=O)O)C(=O)O.[Na+].[Na+].[Na+]. The van der Waals surface area contributed by atoms with Crippen molar-refractivity contribution in [1.82, 2.24) is 14.7 Å². The Morgan fingerprint density at radius 1 is 0.451 bits per heavy atom. The van der Waals surface area contributed by atoms with Crippen LogP contribution in [-0.4, -0.2) is 161 Å². The van der Waals surface area contributed by atoms with Gasteiger partial charge in [0.1, 0.15) is 0 Å². The van der Waals surface area contributed by atoms with Crippen LogP contribution >= 0.6 is 22.1 Å². The van der Waals surface area contributed by atoms with E-state index >= 15 is 0 Å². The molecule has 0 aliphatic heterocycles. The van der Waals surface area contributed by atoms with Crippen molar-refractivity contribution in [3.05, 3.63) is 0 Å². The van der Waals surface area contributed by atoms with Gasteiger partial charge in [0.25, 0.3) is 0 Å². The van der Waals surface area contributed by atoms with E-state index in [1.165, 1.54) is 57.0 Å². The van der Waals surface area contributed by atoms with E-state index in [0.29, 0.717) is 0 Å². The first-order chi connectivity index (χ1) is 21.4. The molecule has 21 nitrogen and oxygen atoms in total. The summed E-state index contributed by atoms with van der Waals surface area (Å²) >= 11 is 0. The largest absolute Gasteiger partial charge is 1.00 e. The minimum Gasteiger partial charge on any atom is -0.798 e. The molecule has 282 valence electrons. The van der Waals surface area contributed by atoms with Crippen molar-refractivity contribution in [3.8, 4) is 0 Å². The molecule has 0 saturated heterocycles. The average Bonchev–Trinajstić information content (AvgIpc) is 2.79. The molecule has 6 unspecified atom stereocenters. The molecule has 27 heteroatoms. The zero-order valence-corrected chi connectivity index (χ0v) is 39.0. The molecular weight excluding hydrogens is 780 g/mol. The molecule has 0 radical (unpaired) electrons. The topological polar surface area (TPSA) is 354 Å². The van der Waals surface area contributed by atoms with Gasteiger partial charge in [-0.3, -0.25) is 28.8 Å². The Morgan fingerprint density at radius 2 is 0.608 bits per heavy atom. The van der Waals surface area contributed by atoms with E-state index in [-0.39, 0.29) is 108 Å². The summed E-state index contributed by atoms with van der Waals surface area (Å²) in [5.74, 6) is -12.3. The number of nitrogens with zero attached hydrogens (tertiary/aromatic N) is 3. The van der Waals surface area contributed by atoms with E-state index in [0.717, 1.165) is 0 Å². The molecule has 6 atom stereocenters. The van der Waals surface area contributed by atoms with Crippen LogP contribution < -0.4 is 103 Å². The van der Waals surface area contributed by atoms with Gasteiger partial charge in [0, 0.05) is 59.4 Å². The summed E-state index contributed by atoms with van der Waals surface area (Å²) in [6.07, 6.45) is -4.76. The maximum Gasteiger partial charge on any atom is 1.00 e. The Kier molecular flexibility index (Phi) is 37.8. The van der Waals surface area contributed by atoms with Crippen molar-refractivity contribution in [3.63, 3.8) is 0 Å². The molecule has 0 saturated carbocycles. The second-order valence-corrected chi connectivity index (χ2v) is 18.4. The predicted octanol–water partition coefficient (Wildman–Crippen LogP) is -11.0. The van der Waals surface area contributed by atoms with Crippen LogP contribution in [0.1, 0.15) is 19.3 Å². The normalized spacial score (nSPS) is 15.8. The number of hydrogen-bond acceptors (Lipinski definition) is 15. The molecule has 0 amide bonds. The van der Waals surface area contributed by atoms with Gasteiger partial charge in [0.05, 0.1) is 37.0 Å². The second-order valence-electron chi connectivity index (χ2n) is 11.6. The molecule has 0 aromatic carbocycles. The summed E-state index contributed by atoms with van der Waals surface area (Å²) in [5.41, 5.74) is 0. The minimum absolute atomic E-state index is 0. The van der Waals surface area contributed by atoms with Gasteiger partial charge in [0.15, 0.2) is 0 Å². The van der Waals surface area contributed by atoms with Crippen LogP contribution in [-0.2, 0) is 42.5 Å². The van der Waals surface area contributed by atoms with Gasteiger partial charge in [-0.15, -0.1) is 0 Å². The van der Waals surface area contributed by atoms with Gasteiger partial charge in [-0.2, -0.15) is 0 Å². The summed E-state index contributed by atoms with van der Waals surface area (Å²) in [6, 6.07) is 0. The summed E-state index contributed by atoms with van der Waals surface area (Å²) < 4.78 is 34.4. The van der Waals surface area contributed by atoms with Crippen molar-refractivity contribution in [2.45, 2.75) is 19.3 Å². The van der Waals surface area contributed by atoms with Crippen LogP contribution in [0.4, 0.5) is 0 Å². The summed E-state index contributed by atoms with van der Waals surface area (Å²) in [7, 11) is -2.41. The number of rotatable bonds is 21. The van der Waals surface area contributed by atoms with E-state index in [2.05, 4.69) is 0 Å². The van der Waals surface area contributed by atoms with Gasteiger partial charge < -0.3 is 73.7 Å². The van der Waals surface area contributed by atoms with Crippen molar-refractivity contribution >= 4 is 57.9 Å². The fourth-order valence-electron chi connectivity index (χ4n) is 3.80. The van der Waals surface area contributed by atoms with Gasteiger partial charge in [0.2, 0.25) is 0 Å². The first-order valence-electron chi connectivity index (χ1n) is 13.6. The molecule has 0 aromatic heterocycles. The fourth-order valence-corrected chi connectivity index (χ4v) is 9.60. The first kappa shape index (κ1) is 63.2. The Labute approximate surface area is 362 Å². The van der Waals surface area contributed by atoms with Crippen LogP contribution in [0.2, 0.25) is 0 Å². The molecule has 0 spiro atoms. The second kappa shape index (κ2) is 30.5. The molecule has 0 aliphatic carbocycles. The van der Waals surface area contributed by atoms with Gasteiger partial charge in [-0.25, -0.2) is 0 Å². The van der Waals surface area contributed by atoms with Crippen LogP contribution in [0, 0.1) is 17.8 Å². The van der Waals surface area contributed by atoms with E-state index < -0.39 is 113 Å². The van der Waals surface area contributed by atoms with Crippen LogP contribution in [0.5, 0.6) is 0 Å². The molecule has 0 aliphatic rings. The Hall–Kier alpha value is 0.270. The third kappa shape index (κ3) is 39.8. The predicted molar refractivity (Wildman–Crippen MR) is 163 cm³/mol. The fraction of sp³-hybridized carbons (Fsp3) is 0.750. The Balaban J connectivity index is -0.000000145. The first-order valence-corrected chi connectivity index (χ1v) is 19.6. The molecule has 0 aromatic rings. The van der Waals surface area contributed by atoms with E-state index in [4.69, 9.17) is 30.6 Å². The molecule has 0 heterocycles. The molecular formula is C24H45N3Na3O18P3. The standard InChI is InChI=1S/3C8H16NO6P.3Na/c3*1-9(2)5-16(14,15)4-6(8(12)13)3-7(10)11;;;/h3*6H,3-5H2,1-2H3,(H,10,11)(H,12,13)(H,14,15);;;/q;;;3*+1/p-3. The number of carbonyl (C=O) groups is 6. The number of hydrogen-bond donors (Lipinski definition) is 6. The maximum absolute atomic E-state index is 11.5. The zero-order valence-electron chi connectivity index (χ0n) is 30.4. The third-order valence-corrected chi connectivity index (χ3v) is 11.3. The van der Waals surface area contributed by atoms with E-state index in [1.54, 1.807) is 0 Å². The van der Waals surface area contributed by atoms with E-state index in [1.807, 2.05) is 0 Å². The summed E-state index contributed by atoms with van der Waals surface area (Å²) in [5, 5.41) is 51.4. The van der Waals surface area contributed by atoms with Crippen LogP contribution in [0.15, 0.2) is 0 Å². The minimum atomic E-state index is -3.88. The van der Waals surface area contributed by atoms with Crippen molar-refractivity contribution in [1.29, 1.82) is 0 Å². The van der Waals surface area contributed by atoms with Gasteiger partial charge >= 0.3 is 124 Å². The van der Waals surface area contributed by atoms with Crippen molar-refractivity contribution in [2.75, 3.05) is 79.6 Å². The maximum atomic E-state index is 11.5. The Morgan fingerprint density at radius 3 is 0.706 bits per heavy atom. The monoisotopic (exact) mass is 825 g/mol. The van der Waals surface area contributed by atoms with Crippen molar-refractivity contribution < 1.29 is 176 Å². The molecule has 6 N–H and O–H groups in total. The van der Waals surface area contributed by atoms with E-state index in [9.17, 15) is 57.1 Å². The third-order valence-electron chi connectivity index (χ3n) is 5.30. The number of carboxylic acid groups (broad SMARTS) is 6. The zero-order chi connectivity index (χ0) is 38.8. The van der Waals surface area contributed by atoms with Crippen LogP contribution in [0.3, 0.4) is 0 Å². The summed E-state index contributed by atoms with van der Waals surface area (Å²) in [6.45, 7) is 0. The molecule has 0 fully saturated rings. The molecule has 0 rings (SSSR count). The van der Waals surface area contributed by atoms with Gasteiger partial charge in [-0.1, -0.05) is 0 Å². The smallest absolute Gasteiger partial charge is 0.798 e.